The van der Waals surface area contributed by atoms with Crippen molar-refractivity contribution in [1.82, 2.24) is 4.90 Å². The third kappa shape index (κ3) is 2.73. The molecule has 1 N–H and O–H groups in total. The quantitative estimate of drug-likeness (QED) is 0.904. The smallest absolute Gasteiger partial charge is 0.242 e. The van der Waals surface area contributed by atoms with Gasteiger partial charge in [0.2, 0.25) is 11.8 Å². The van der Waals surface area contributed by atoms with E-state index in [9.17, 15) is 9.59 Å². The van der Waals surface area contributed by atoms with Gasteiger partial charge in [0.25, 0.3) is 0 Å². The van der Waals surface area contributed by atoms with Crippen LogP contribution < -0.4 is 5.32 Å². The molecular formula is C13H12BrN3O2S. The van der Waals surface area contributed by atoms with E-state index in [1.54, 1.807) is 4.90 Å². The maximum atomic E-state index is 12.1. The number of hydrogen-bond donors (Lipinski definition) is 1. The lowest BCUT2D eigenvalue weighted by molar-refractivity contribution is -0.127. The number of carbonyl (C=O) groups excluding carboxylic acids is 2. The number of halogens is 1. The van der Waals surface area contributed by atoms with Gasteiger partial charge in [-0.2, -0.15) is 0 Å². The van der Waals surface area contributed by atoms with Gasteiger partial charge in [0.1, 0.15) is 5.25 Å². The molecular weight excluding hydrogens is 342 g/mol. The van der Waals surface area contributed by atoms with E-state index in [4.69, 9.17) is 0 Å². The van der Waals surface area contributed by atoms with E-state index in [1.807, 2.05) is 24.3 Å². The molecule has 0 radical (unpaired) electrons. The highest BCUT2D eigenvalue weighted by atomic mass is 79.9. The molecule has 0 aliphatic carbocycles. The summed E-state index contributed by atoms with van der Waals surface area (Å²) >= 11 is 4.73. The average molecular weight is 354 g/mol. The molecule has 1 fully saturated rings. The molecule has 104 valence electrons. The first kappa shape index (κ1) is 13.6. The second-order valence-corrected chi connectivity index (χ2v) is 6.61. The van der Waals surface area contributed by atoms with Gasteiger partial charge in [0.15, 0.2) is 5.17 Å². The van der Waals surface area contributed by atoms with Crippen molar-refractivity contribution in [3.63, 3.8) is 0 Å². The van der Waals surface area contributed by atoms with Gasteiger partial charge in [-0.05, 0) is 24.3 Å². The second-order valence-electron chi connectivity index (χ2n) is 4.52. The fraction of sp³-hybridized carbons (Fsp3) is 0.308. The van der Waals surface area contributed by atoms with Crippen LogP contribution in [0.15, 0.2) is 33.7 Å². The normalized spacial score (nSPS) is 20.9. The molecule has 2 heterocycles. The Morgan fingerprint density at radius 3 is 2.90 bits per heavy atom. The number of carbonyl (C=O) groups is 2. The Morgan fingerprint density at radius 1 is 1.45 bits per heavy atom. The van der Waals surface area contributed by atoms with Crippen molar-refractivity contribution in [2.75, 3.05) is 18.4 Å². The van der Waals surface area contributed by atoms with Crippen LogP contribution in [0.3, 0.4) is 0 Å². The predicted molar refractivity (Wildman–Crippen MR) is 82.8 cm³/mol. The summed E-state index contributed by atoms with van der Waals surface area (Å²) in [6.45, 7) is 1.32. The van der Waals surface area contributed by atoms with Crippen LogP contribution in [-0.2, 0) is 9.59 Å². The summed E-state index contributed by atoms with van der Waals surface area (Å²) in [5.74, 6) is -0.155. The SMILES string of the molecule is O=C(C[C@@H]1SC2=NCCN2C1=O)Nc1ccc(Br)cc1. The zero-order chi connectivity index (χ0) is 14.1. The Kier molecular flexibility index (Phi) is 3.80. The first-order valence-corrected chi connectivity index (χ1v) is 7.88. The lowest BCUT2D eigenvalue weighted by Crippen LogP contribution is -2.32. The number of rotatable bonds is 3. The van der Waals surface area contributed by atoms with Crippen molar-refractivity contribution < 1.29 is 9.59 Å². The largest absolute Gasteiger partial charge is 0.326 e. The third-order valence-electron chi connectivity index (χ3n) is 3.09. The van der Waals surface area contributed by atoms with Gasteiger partial charge in [-0.3, -0.25) is 19.5 Å². The highest BCUT2D eigenvalue weighted by molar-refractivity contribution is 9.10. The summed E-state index contributed by atoms with van der Waals surface area (Å²) < 4.78 is 0.954. The van der Waals surface area contributed by atoms with Crippen molar-refractivity contribution in [2.24, 2.45) is 4.99 Å². The monoisotopic (exact) mass is 353 g/mol. The van der Waals surface area contributed by atoms with Crippen LogP contribution in [0.25, 0.3) is 0 Å². The Morgan fingerprint density at radius 2 is 2.20 bits per heavy atom. The van der Waals surface area contributed by atoms with Gasteiger partial charge in [0, 0.05) is 23.1 Å². The predicted octanol–water partition coefficient (Wildman–Crippen LogP) is 2.09. The summed E-state index contributed by atoms with van der Waals surface area (Å²) in [5.41, 5.74) is 0.728. The Labute approximate surface area is 128 Å². The van der Waals surface area contributed by atoms with Crippen LogP contribution >= 0.6 is 27.7 Å². The lowest BCUT2D eigenvalue weighted by Gasteiger charge is -2.10. The standard InChI is InChI=1S/C13H12BrN3O2S/c14-8-1-3-9(4-2-8)16-11(18)7-10-12(19)17-6-5-15-13(17)20-10/h1-4,10H,5-7H2,(H,16,18)/t10-/m0/s1. The van der Waals surface area contributed by atoms with E-state index in [2.05, 4.69) is 26.2 Å². The number of amidine groups is 1. The lowest BCUT2D eigenvalue weighted by atomic mass is 10.2. The van der Waals surface area contributed by atoms with E-state index in [1.165, 1.54) is 11.8 Å². The molecule has 0 aromatic heterocycles. The second kappa shape index (κ2) is 5.57. The van der Waals surface area contributed by atoms with Crippen molar-refractivity contribution in [1.29, 1.82) is 0 Å². The molecule has 5 nitrogen and oxygen atoms in total. The number of anilines is 1. The maximum absolute atomic E-state index is 12.1. The first-order chi connectivity index (χ1) is 9.63. The van der Waals surface area contributed by atoms with Gasteiger partial charge in [-0.15, -0.1) is 0 Å². The number of hydrogen-bond acceptors (Lipinski definition) is 4. The van der Waals surface area contributed by atoms with Crippen LogP contribution in [0, 0.1) is 0 Å². The van der Waals surface area contributed by atoms with Crippen molar-refractivity contribution in [3.05, 3.63) is 28.7 Å². The van der Waals surface area contributed by atoms with Crippen LogP contribution in [0.2, 0.25) is 0 Å². The fourth-order valence-electron chi connectivity index (χ4n) is 2.13. The molecule has 7 heteroatoms. The number of aliphatic imine (C=N–C) groups is 1. The zero-order valence-corrected chi connectivity index (χ0v) is 12.9. The van der Waals surface area contributed by atoms with Gasteiger partial charge in [-0.1, -0.05) is 27.7 Å². The van der Waals surface area contributed by atoms with E-state index >= 15 is 0 Å². The van der Waals surface area contributed by atoms with E-state index in [0.29, 0.717) is 13.1 Å². The van der Waals surface area contributed by atoms with Crippen molar-refractivity contribution in [2.45, 2.75) is 11.7 Å². The molecule has 20 heavy (non-hydrogen) atoms. The summed E-state index contributed by atoms with van der Waals surface area (Å²) in [6, 6.07) is 7.34. The molecule has 1 aromatic carbocycles. The van der Waals surface area contributed by atoms with Gasteiger partial charge >= 0.3 is 0 Å². The summed E-state index contributed by atoms with van der Waals surface area (Å²) in [7, 11) is 0. The first-order valence-electron chi connectivity index (χ1n) is 6.21. The molecule has 1 saturated heterocycles. The molecule has 0 bridgehead atoms. The van der Waals surface area contributed by atoms with Crippen molar-refractivity contribution >= 4 is 50.4 Å². The molecule has 1 aromatic rings. The summed E-state index contributed by atoms with van der Waals surface area (Å²) in [6.07, 6.45) is 0.176. The Bertz CT molecular complexity index is 588. The Hall–Kier alpha value is -1.34. The fourth-order valence-corrected chi connectivity index (χ4v) is 3.58. The number of benzene rings is 1. The molecule has 2 aliphatic rings. The number of nitrogens with zero attached hydrogens (tertiary/aromatic N) is 2. The van der Waals surface area contributed by atoms with Crippen LogP contribution in [-0.4, -0.2) is 40.2 Å². The highest BCUT2D eigenvalue weighted by Gasteiger charge is 2.40. The molecule has 0 saturated carbocycles. The van der Waals surface area contributed by atoms with Gasteiger partial charge in [-0.25, -0.2) is 0 Å². The van der Waals surface area contributed by atoms with Crippen LogP contribution in [0.4, 0.5) is 5.69 Å². The number of thioether (sulfide) groups is 1. The molecule has 0 spiro atoms. The molecule has 2 amide bonds. The van der Waals surface area contributed by atoms with Crippen LogP contribution in [0.5, 0.6) is 0 Å². The minimum absolute atomic E-state index is 0.00259. The minimum atomic E-state index is -0.343. The molecule has 2 aliphatic heterocycles. The number of nitrogens with one attached hydrogen (secondary N) is 1. The summed E-state index contributed by atoms with van der Waals surface area (Å²) in [5, 5.41) is 3.22. The van der Waals surface area contributed by atoms with Crippen molar-refractivity contribution in [3.8, 4) is 0 Å². The number of amides is 2. The topological polar surface area (TPSA) is 61.8 Å². The molecule has 1 atom stereocenters. The maximum Gasteiger partial charge on any atom is 0.242 e. The van der Waals surface area contributed by atoms with E-state index in [0.717, 1.165) is 15.3 Å². The minimum Gasteiger partial charge on any atom is -0.326 e. The van der Waals surface area contributed by atoms with E-state index in [-0.39, 0.29) is 23.5 Å². The van der Waals surface area contributed by atoms with Crippen LogP contribution in [0.1, 0.15) is 6.42 Å². The van der Waals surface area contributed by atoms with Gasteiger partial charge < -0.3 is 5.32 Å². The Balaban J connectivity index is 1.59. The van der Waals surface area contributed by atoms with E-state index < -0.39 is 0 Å². The third-order valence-corrected chi connectivity index (χ3v) is 4.83. The zero-order valence-electron chi connectivity index (χ0n) is 10.5. The molecule has 3 rings (SSSR count). The highest BCUT2D eigenvalue weighted by Crippen LogP contribution is 2.31. The average Bonchev–Trinajstić information content (AvgIpc) is 2.97. The molecule has 0 unspecified atom stereocenters. The number of fused-ring (bicyclic) bond motifs is 1. The van der Waals surface area contributed by atoms with Gasteiger partial charge in [0.05, 0.1) is 6.54 Å². The summed E-state index contributed by atoms with van der Waals surface area (Å²) in [4.78, 5) is 29.9.